The number of fused-ring (bicyclic) bond motifs is 1. The number of H-pyrrole nitrogens is 1. The van der Waals surface area contributed by atoms with Gasteiger partial charge in [0.15, 0.2) is 0 Å². The van der Waals surface area contributed by atoms with Crippen molar-refractivity contribution in [3.05, 3.63) is 42.5 Å². The number of carbonyl (C=O) groups excluding carboxylic acids is 1. The molecule has 1 aliphatic rings. The monoisotopic (exact) mass is 443 g/mol. The molecule has 4 N–H and O–H groups in total. The van der Waals surface area contributed by atoms with E-state index in [4.69, 9.17) is 4.18 Å². The van der Waals surface area contributed by atoms with E-state index >= 15 is 0 Å². The van der Waals surface area contributed by atoms with Crippen molar-refractivity contribution < 1.29 is 17.4 Å². The van der Waals surface area contributed by atoms with Crippen LogP contribution in [0, 0.1) is 0 Å². The Bertz CT molecular complexity index is 1170. The minimum atomic E-state index is -3.99. The SMILES string of the molecule is CCNC(=O)Nc1nc2cc(OS(=O)(=O)c3ccc(NC4CCCC4)cc3)ccc2[nH]1. The number of hydrogen-bond acceptors (Lipinski definition) is 6. The Labute approximate surface area is 180 Å². The Morgan fingerprint density at radius 2 is 1.90 bits per heavy atom. The minimum Gasteiger partial charge on any atom is -0.382 e. The first-order chi connectivity index (χ1) is 14.9. The molecule has 31 heavy (non-hydrogen) atoms. The Balaban J connectivity index is 1.46. The van der Waals surface area contributed by atoms with E-state index in [1.54, 1.807) is 18.2 Å². The van der Waals surface area contributed by atoms with E-state index in [-0.39, 0.29) is 22.6 Å². The van der Waals surface area contributed by atoms with Crippen molar-refractivity contribution in [1.29, 1.82) is 0 Å². The number of imidazole rings is 1. The highest BCUT2D eigenvalue weighted by Gasteiger charge is 2.19. The summed E-state index contributed by atoms with van der Waals surface area (Å²) in [4.78, 5) is 18.9. The number of aromatic amines is 1. The van der Waals surface area contributed by atoms with Gasteiger partial charge in [-0.2, -0.15) is 8.42 Å². The fraction of sp³-hybridized carbons (Fsp3) is 0.333. The van der Waals surface area contributed by atoms with E-state index in [0.717, 1.165) is 18.5 Å². The van der Waals surface area contributed by atoms with Crippen molar-refractivity contribution in [1.82, 2.24) is 15.3 Å². The molecule has 2 amide bonds. The number of aromatic nitrogens is 2. The summed E-state index contributed by atoms with van der Waals surface area (Å²) < 4.78 is 30.7. The maximum atomic E-state index is 12.7. The molecule has 3 aromatic rings. The van der Waals surface area contributed by atoms with Crippen LogP contribution in [-0.4, -0.2) is 37.0 Å². The minimum absolute atomic E-state index is 0.0742. The molecule has 0 spiro atoms. The molecule has 1 fully saturated rings. The average Bonchev–Trinajstić information content (AvgIpc) is 3.37. The molecule has 9 nitrogen and oxygen atoms in total. The third-order valence-corrected chi connectivity index (χ3v) is 6.36. The van der Waals surface area contributed by atoms with Crippen LogP contribution in [0.1, 0.15) is 32.6 Å². The summed E-state index contributed by atoms with van der Waals surface area (Å²) in [5.74, 6) is 0.392. The quantitative estimate of drug-likeness (QED) is 0.411. The van der Waals surface area contributed by atoms with E-state index in [1.807, 2.05) is 6.92 Å². The third-order valence-electron chi connectivity index (χ3n) is 5.10. The maximum absolute atomic E-state index is 12.7. The molecule has 2 aromatic carbocycles. The van der Waals surface area contributed by atoms with Gasteiger partial charge in [-0.1, -0.05) is 12.8 Å². The van der Waals surface area contributed by atoms with Gasteiger partial charge in [-0.25, -0.2) is 9.78 Å². The smallest absolute Gasteiger partial charge is 0.339 e. The molecule has 1 saturated carbocycles. The van der Waals surface area contributed by atoms with Crippen molar-refractivity contribution >= 4 is 38.8 Å². The first-order valence-corrected chi connectivity index (χ1v) is 11.7. The molecule has 0 radical (unpaired) electrons. The van der Waals surface area contributed by atoms with E-state index in [9.17, 15) is 13.2 Å². The number of benzene rings is 2. The topological polar surface area (TPSA) is 125 Å². The zero-order chi connectivity index (χ0) is 21.8. The third kappa shape index (κ3) is 5.08. The number of nitrogens with one attached hydrogen (secondary N) is 4. The zero-order valence-corrected chi connectivity index (χ0v) is 18.0. The van der Waals surface area contributed by atoms with Crippen molar-refractivity contribution in [3.63, 3.8) is 0 Å². The summed E-state index contributed by atoms with van der Waals surface area (Å²) in [6, 6.07) is 11.3. The molecule has 0 bridgehead atoms. The van der Waals surface area contributed by atoms with Crippen LogP contribution in [0.4, 0.5) is 16.4 Å². The molecule has 164 valence electrons. The zero-order valence-electron chi connectivity index (χ0n) is 17.1. The fourth-order valence-corrected chi connectivity index (χ4v) is 4.53. The van der Waals surface area contributed by atoms with Crippen LogP contribution in [0.5, 0.6) is 5.75 Å². The van der Waals surface area contributed by atoms with Crippen molar-refractivity contribution in [3.8, 4) is 5.75 Å². The molecular formula is C21H25N5O4S. The van der Waals surface area contributed by atoms with Crippen LogP contribution in [0.25, 0.3) is 11.0 Å². The van der Waals surface area contributed by atoms with Crippen LogP contribution in [0.3, 0.4) is 0 Å². The summed E-state index contributed by atoms with van der Waals surface area (Å²) in [7, 11) is -3.99. The summed E-state index contributed by atoms with van der Waals surface area (Å²) >= 11 is 0. The van der Waals surface area contributed by atoms with Gasteiger partial charge in [0, 0.05) is 24.3 Å². The predicted octanol–water partition coefficient (Wildman–Crippen LogP) is 3.83. The number of nitrogens with zero attached hydrogens (tertiary/aromatic N) is 1. The highest BCUT2D eigenvalue weighted by Crippen LogP contribution is 2.26. The van der Waals surface area contributed by atoms with Gasteiger partial charge in [0.05, 0.1) is 11.0 Å². The van der Waals surface area contributed by atoms with Gasteiger partial charge in [0.25, 0.3) is 0 Å². The lowest BCUT2D eigenvalue weighted by atomic mass is 10.2. The summed E-state index contributed by atoms with van der Waals surface area (Å²) in [6.07, 6.45) is 4.72. The van der Waals surface area contributed by atoms with E-state index in [0.29, 0.717) is 23.6 Å². The molecule has 1 aliphatic carbocycles. The highest BCUT2D eigenvalue weighted by atomic mass is 32.2. The lowest BCUT2D eigenvalue weighted by molar-refractivity contribution is 0.252. The van der Waals surface area contributed by atoms with Gasteiger partial charge in [-0.3, -0.25) is 5.32 Å². The largest absolute Gasteiger partial charge is 0.382 e. The number of hydrogen-bond donors (Lipinski definition) is 4. The standard InChI is InChI=1S/C21H25N5O4S/c1-2-22-21(27)26-20-24-18-12-9-16(13-19(18)25-20)30-31(28,29)17-10-7-15(8-11-17)23-14-5-3-4-6-14/h7-14,23H,2-6H2,1H3,(H3,22,24,25,26,27). The number of anilines is 2. The number of rotatable bonds is 7. The van der Waals surface area contributed by atoms with E-state index < -0.39 is 10.1 Å². The summed E-state index contributed by atoms with van der Waals surface area (Å²) in [5.41, 5.74) is 2.01. The first-order valence-electron chi connectivity index (χ1n) is 10.3. The Morgan fingerprint density at radius 3 is 2.61 bits per heavy atom. The molecule has 0 atom stereocenters. The average molecular weight is 444 g/mol. The van der Waals surface area contributed by atoms with Gasteiger partial charge in [-0.15, -0.1) is 0 Å². The van der Waals surface area contributed by atoms with Gasteiger partial charge < -0.3 is 19.8 Å². The van der Waals surface area contributed by atoms with Gasteiger partial charge >= 0.3 is 16.1 Å². The molecule has 1 heterocycles. The summed E-state index contributed by atoms with van der Waals surface area (Å²) in [6.45, 7) is 2.29. The molecule has 1 aromatic heterocycles. The lowest BCUT2D eigenvalue weighted by Gasteiger charge is -2.14. The van der Waals surface area contributed by atoms with Crippen LogP contribution >= 0.6 is 0 Å². The second-order valence-electron chi connectivity index (χ2n) is 7.44. The van der Waals surface area contributed by atoms with Crippen LogP contribution < -0.4 is 20.1 Å². The summed E-state index contributed by atoms with van der Waals surface area (Å²) in [5, 5.41) is 8.61. The lowest BCUT2D eigenvalue weighted by Crippen LogP contribution is -2.28. The van der Waals surface area contributed by atoms with Crippen molar-refractivity contribution in [2.75, 3.05) is 17.2 Å². The Hall–Kier alpha value is -3.27. The highest BCUT2D eigenvalue weighted by molar-refractivity contribution is 7.87. The van der Waals surface area contributed by atoms with Crippen LogP contribution in [0.2, 0.25) is 0 Å². The molecule has 0 unspecified atom stereocenters. The maximum Gasteiger partial charge on any atom is 0.339 e. The number of urea groups is 1. The van der Waals surface area contributed by atoms with Gasteiger partial charge in [0.2, 0.25) is 5.95 Å². The molecular weight excluding hydrogens is 418 g/mol. The molecule has 0 saturated heterocycles. The fourth-order valence-electron chi connectivity index (χ4n) is 3.61. The molecule has 0 aliphatic heterocycles. The first kappa shape index (κ1) is 21.0. The normalized spacial score (nSPS) is 14.5. The predicted molar refractivity (Wildman–Crippen MR) is 119 cm³/mol. The van der Waals surface area contributed by atoms with E-state index in [1.165, 1.54) is 37.1 Å². The van der Waals surface area contributed by atoms with Crippen LogP contribution in [0.15, 0.2) is 47.4 Å². The van der Waals surface area contributed by atoms with Crippen molar-refractivity contribution in [2.45, 2.75) is 43.5 Å². The molecule has 4 rings (SSSR count). The van der Waals surface area contributed by atoms with Crippen LogP contribution in [-0.2, 0) is 10.1 Å². The van der Waals surface area contributed by atoms with Gasteiger partial charge in [0.1, 0.15) is 10.6 Å². The second-order valence-corrected chi connectivity index (χ2v) is 8.98. The number of carbonyl (C=O) groups is 1. The Morgan fingerprint density at radius 1 is 1.16 bits per heavy atom. The number of amides is 2. The second kappa shape index (κ2) is 8.84. The molecule has 10 heteroatoms. The Kier molecular flexibility index (Phi) is 5.99. The van der Waals surface area contributed by atoms with Gasteiger partial charge in [-0.05, 0) is 56.2 Å². The van der Waals surface area contributed by atoms with Crippen molar-refractivity contribution in [2.24, 2.45) is 0 Å². The van der Waals surface area contributed by atoms with E-state index in [2.05, 4.69) is 25.9 Å².